The minimum Gasteiger partial charge on any atom is -0.389 e. The van der Waals surface area contributed by atoms with E-state index in [1.807, 2.05) is 11.7 Å². The molecule has 0 saturated carbocycles. The highest BCUT2D eigenvalue weighted by Gasteiger charge is 2.09. The van der Waals surface area contributed by atoms with Crippen LogP contribution in [0.2, 0.25) is 0 Å². The van der Waals surface area contributed by atoms with Crippen LogP contribution in [0, 0.1) is 5.92 Å². The zero-order valence-corrected chi connectivity index (χ0v) is 13.5. The van der Waals surface area contributed by atoms with Crippen molar-refractivity contribution in [2.75, 3.05) is 19.8 Å². The highest BCUT2D eigenvalue weighted by atomic mass is 32.1. The quantitative estimate of drug-likeness (QED) is 0.623. The van der Waals surface area contributed by atoms with Crippen molar-refractivity contribution in [1.29, 1.82) is 0 Å². The highest BCUT2D eigenvalue weighted by Crippen LogP contribution is 2.12. The van der Waals surface area contributed by atoms with Crippen LogP contribution in [-0.4, -0.2) is 36.0 Å². The Morgan fingerprint density at radius 1 is 1.40 bits per heavy atom. The van der Waals surface area contributed by atoms with Crippen molar-refractivity contribution in [3.05, 3.63) is 16.6 Å². The molecule has 20 heavy (non-hydrogen) atoms. The van der Waals surface area contributed by atoms with Crippen LogP contribution >= 0.6 is 11.3 Å². The molecule has 0 aliphatic rings. The Kier molecular flexibility index (Phi) is 9.83. The second-order valence-corrected chi connectivity index (χ2v) is 6.18. The van der Waals surface area contributed by atoms with Gasteiger partial charge in [-0.2, -0.15) is 0 Å². The van der Waals surface area contributed by atoms with E-state index in [0.29, 0.717) is 19.1 Å². The number of hydrogen-bond acceptors (Lipinski definition) is 5. The molecule has 0 bridgehead atoms. The Morgan fingerprint density at radius 3 is 2.90 bits per heavy atom. The first-order valence-electron chi connectivity index (χ1n) is 7.60. The lowest BCUT2D eigenvalue weighted by atomic mass is 10.0. The van der Waals surface area contributed by atoms with Crippen LogP contribution in [0.5, 0.6) is 0 Å². The monoisotopic (exact) mass is 300 g/mol. The number of unbranched alkanes of at least 4 members (excludes halogenated alkanes) is 1. The molecule has 0 aliphatic carbocycles. The normalized spacial score (nSPS) is 14.3. The zero-order valence-electron chi connectivity index (χ0n) is 12.7. The number of aromatic nitrogens is 1. The van der Waals surface area contributed by atoms with E-state index in [1.165, 1.54) is 24.1 Å². The molecule has 0 amide bonds. The van der Waals surface area contributed by atoms with E-state index in [2.05, 4.69) is 24.1 Å². The van der Waals surface area contributed by atoms with Crippen molar-refractivity contribution >= 4 is 11.3 Å². The van der Waals surface area contributed by atoms with Crippen molar-refractivity contribution in [1.82, 2.24) is 10.3 Å². The van der Waals surface area contributed by atoms with Gasteiger partial charge in [0, 0.05) is 30.8 Å². The lowest BCUT2D eigenvalue weighted by Gasteiger charge is -2.17. The molecule has 0 spiro atoms. The summed E-state index contributed by atoms with van der Waals surface area (Å²) < 4.78 is 5.63. The number of nitrogens with one attached hydrogen (secondary N) is 1. The molecule has 0 aliphatic heterocycles. The fraction of sp³-hybridized carbons (Fsp3) is 0.800. The molecule has 1 aromatic heterocycles. The van der Waals surface area contributed by atoms with Crippen LogP contribution in [0.4, 0.5) is 0 Å². The predicted octanol–water partition coefficient (Wildman–Crippen LogP) is 2.83. The second kappa shape index (κ2) is 11.2. The van der Waals surface area contributed by atoms with Crippen molar-refractivity contribution in [2.45, 2.75) is 52.2 Å². The second-order valence-electron chi connectivity index (χ2n) is 5.21. The average Bonchev–Trinajstić information content (AvgIpc) is 2.96. The summed E-state index contributed by atoms with van der Waals surface area (Å²) >= 11 is 1.62. The Hall–Kier alpha value is -0.490. The number of rotatable bonds is 12. The maximum absolute atomic E-state index is 9.84. The fourth-order valence-electron chi connectivity index (χ4n) is 2.02. The standard InChI is InChI=1S/C15H28N2O2S/c1-3-5-6-13(4-2)10-19-11-14(18)7-16-8-15-9-17-12-20-15/h9,12-14,16,18H,3-8,10-11H2,1-2H3. The van der Waals surface area contributed by atoms with Crippen LogP contribution in [0.3, 0.4) is 0 Å². The number of hydrogen-bond donors (Lipinski definition) is 2. The van der Waals surface area contributed by atoms with Gasteiger partial charge in [0.25, 0.3) is 0 Å². The molecular formula is C15H28N2O2S. The lowest BCUT2D eigenvalue weighted by Crippen LogP contribution is -2.30. The van der Waals surface area contributed by atoms with Crippen LogP contribution in [0.15, 0.2) is 11.7 Å². The molecule has 0 radical (unpaired) electrons. The number of ether oxygens (including phenoxy) is 1. The summed E-state index contributed by atoms with van der Waals surface area (Å²) in [6.45, 7) is 6.92. The minimum absolute atomic E-state index is 0.415. The van der Waals surface area contributed by atoms with Crippen LogP contribution in [0.1, 0.15) is 44.4 Å². The molecule has 0 fully saturated rings. The van der Waals surface area contributed by atoms with Gasteiger partial charge >= 0.3 is 0 Å². The summed E-state index contributed by atoms with van der Waals surface area (Å²) in [5, 5.41) is 13.1. The minimum atomic E-state index is -0.438. The molecule has 1 heterocycles. The summed E-state index contributed by atoms with van der Waals surface area (Å²) in [7, 11) is 0. The molecule has 2 N–H and O–H groups in total. The third kappa shape index (κ3) is 7.94. The van der Waals surface area contributed by atoms with Gasteiger partial charge in [-0.25, -0.2) is 0 Å². The summed E-state index contributed by atoms with van der Waals surface area (Å²) in [5.41, 5.74) is 1.82. The van der Waals surface area contributed by atoms with E-state index in [9.17, 15) is 5.11 Å². The van der Waals surface area contributed by atoms with Crippen molar-refractivity contribution in [3.63, 3.8) is 0 Å². The molecule has 116 valence electrons. The Balaban J connectivity index is 2.02. The first-order chi connectivity index (χ1) is 9.76. The molecule has 2 unspecified atom stereocenters. The molecule has 2 atom stereocenters. The summed E-state index contributed by atoms with van der Waals surface area (Å²) in [6.07, 6.45) is 6.29. The van der Waals surface area contributed by atoms with Crippen molar-refractivity contribution in [2.24, 2.45) is 5.92 Å². The maximum Gasteiger partial charge on any atom is 0.0897 e. The molecule has 0 saturated heterocycles. The SMILES string of the molecule is CCCCC(CC)COCC(O)CNCc1cncs1. The Morgan fingerprint density at radius 2 is 2.25 bits per heavy atom. The van der Waals surface area contributed by atoms with Gasteiger partial charge in [0.2, 0.25) is 0 Å². The average molecular weight is 300 g/mol. The van der Waals surface area contributed by atoms with Crippen LogP contribution in [0.25, 0.3) is 0 Å². The van der Waals surface area contributed by atoms with E-state index in [1.54, 1.807) is 11.3 Å². The number of nitrogens with zero attached hydrogens (tertiary/aromatic N) is 1. The van der Waals surface area contributed by atoms with Crippen molar-refractivity contribution < 1.29 is 9.84 Å². The highest BCUT2D eigenvalue weighted by molar-refractivity contribution is 7.09. The Bertz CT molecular complexity index is 320. The van der Waals surface area contributed by atoms with E-state index >= 15 is 0 Å². The molecule has 4 nitrogen and oxygen atoms in total. The van der Waals surface area contributed by atoms with Crippen LogP contribution in [-0.2, 0) is 11.3 Å². The maximum atomic E-state index is 9.84. The summed E-state index contributed by atoms with van der Waals surface area (Å²) in [6, 6.07) is 0. The number of thiazole rings is 1. The van der Waals surface area contributed by atoms with Gasteiger partial charge in [0.15, 0.2) is 0 Å². The molecule has 0 aromatic carbocycles. The summed E-state index contributed by atoms with van der Waals surface area (Å²) in [4.78, 5) is 5.20. The van der Waals surface area contributed by atoms with Gasteiger partial charge < -0.3 is 15.2 Å². The predicted molar refractivity (Wildman–Crippen MR) is 84.0 cm³/mol. The third-order valence-corrected chi connectivity index (χ3v) is 4.15. The van der Waals surface area contributed by atoms with Gasteiger partial charge in [0.05, 0.1) is 18.2 Å². The molecular weight excluding hydrogens is 272 g/mol. The van der Waals surface area contributed by atoms with E-state index in [4.69, 9.17) is 4.74 Å². The van der Waals surface area contributed by atoms with Crippen LogP contribution < -0.4 is 5.32 Å². The van der Waals surface area contributed by atoms with E-state index < -0.39 is 6.10 Å². The largest absolute Gasteiger partial charge is 0.389 e. The molecule has 5 heteroatoms. The van der Waals surface area contributed by atoms with Gasteiger partial charge in [0.1, 0.15) is 0 Å². The first kappa shape index (κ1) is 17.6. The third-order valence-electron chi connectivity index (χ3n) is 3.37. The number of aliphatic hydroxyl groups excluding tert-OH is 1. The topological polar surface area (TPSA) is 54.4 Å². The van der Waals surface area contributed by atoms with E-state index in [-0.39, 0.29) is 0 Å². The van der Waals surface area contributed by atoms with Crippen molar-refractivity contribution in [3.8, 4) is 0 Å². The summed E-state index contributed by atoms with van der Waals surface area (Å²) in [5.74, 6) is 0.632. The van der Waals surface area contributed by atoms with E-state index in [0.717, 1.165) is 19.6 Å². The molecule has 1 aromatic rings. The smallest absolute Gasteiger partial charge is 0.0897 e. The zero-order chi connectivity index (χ0) is 14.6. The van der Waals surface area contributed by atoms with Gasteiger partial charge in [-0.3, -0.25) is 4.98 Å². The van der Waals surface area contributed by atoms with Gasteiger partial charge in [-0.1, -0.05) is 33.1 Å². The fourth-order valence-corrected chi connectivity index (χ4v) is 2.58. The lowest BCUT2D eigenvalue weighted by molar-refractivity contribution is 0.0193. The first-order valence-corrected chi connectivity index (χ1v) is 8.48. The number of aliphatic hydroxyl groups is 1. The van der Waals surface area contributed by atoms with Gasteiger partial charge in [-0.15, -0.1) is 11.3 Å². The Labute approximate surface area is 126 Å². The molecule has 1 rings (SSSR count). The van der Waals surface area contributed by atoms with Gasteiger partial charge in [-0.05, 0) is 12.3 Å².